The highest BCUT2D eigenvalue weighted by Crippen LogP contribution is 2.16. The highest BCUT2D eigenvalue weighted by Gasteiger charge is 2.04. The van der Waals surface area contributed by atoms with Crippen LogP contribution in [-0.2, 0) is 13.0 Å². The van der Waals surface area contributed by atoms with E-state index in [1.807, 2.05) is 25.1 Å². The summed E-state index contributed by atoms with van der Waals surface area (Å²) in [5, 5.41) is 7.75. The van der Waals surface area contributed by atoms with Crippen molar-refractivity contribution in [1.82, 2.24) is 20.6 Å². The van der Waals surface area contributed by atoms with E-state index in [4.69, 9.17) is 0 Å². The zero-order valence-corrected chi connectivity index (χ0v) is 17.2. The van der Waals surface area contributed by atoms with Crippen LogP contribution in [0.4, 0.5) is 0 Å². The summed E-state index contributed by atoms with van der Waals surface area (Å²) in [5.74, 6) is 0.785. The maximum Gasteiger partial charge on any atom is 0.191 e. The van der Waals surface area contributed by atoms with E-state index in [0.717, 1.165) is 36.0 Å². The predicted octanol–water partition coefficient (Wildman–Crippen LogP) is 2.99. The van der Waals surface area contributed by atoms with E-state index in [9.17, 15) is 0 Å². The lowest BCUT2D eigenvalue weighted by Gasteiger charge is -2.11. The van der Waals surface area contributed by atoms with Crippen LogP contribution < -0.4 is 10.6 Å². The number of guanidine groups is 1. The van der Waals surface area contributed by atoms with E-state index in [1.165, 1.54) is 9.88 Å². The Balaban J connectivity index is 0.00000264. The zero-order valence-electron chi connectivity index (χ0n) is 14.0. The number of rotatable bonds is 5. The van der Waals surface area contributed by atoms with E-state index in [1.54, 1.807) is 18.4 Å². The molecule has 0 radical (unpaired) electrons. The molecule has 0 aliphatic carbocycles. The van der Waals surface area contributed by atoms with Crippen molar-refractivity contribution in [3.63, 3.8) is 0 Å². The van der Waals surface area contributed by atoms with E-state index in [-0.39, 0.29) is 24.0 Å². The molecule has 0 saturated heterocycles. The van der Waals surface area contributed by atoms with Gasteiger partial charge in [-0.1, -0.05) is 6.07 Å². The van der Waals surface area contributed by atoms with Crippen molar-refractivity contribution in [3.8, 4) is 0 Å². The van der Waals surface area contributed by atoms with Crippen LogP contribution in [-0.4, -0.2) is 29.5 Å². The van der Waals surface area contributed by atoms with Gasteiger partial charge in [0.1, 0.15) is 0 Å². The molecule has 0 aliphatic heterocycles. The summed E-state index contributed by atoms with van der Waals surface area (Å²) in [6.45, 7) is 7.63. The summed E-state index contributed by atoms with van der Waals surface area (Å²) in [7, 11) is 1.77. The molecule has 0 fully saturated rings. The Bertz CT molecular complexity index is 634. The van der Waals surface area contributed by atoms with Gasteiger partial charge in [0, 0.05) is 30.6 Å². The van der Waals surface area contributed by atoms with Crippen LogP contribution in [0.3, 0.4) is 0 Å². The third-order valence-corrected chi connectivity index (χ3v) is 4.44. The summed E-state index contributed by atoms with van der Waals surface area (Å²) in [6, 6.07) is 6.02. The summed E-state index contributed by atoms with van der Waals surface area (Å²) in [4.78, 5) is 14.5. The second-order valence-corrected chi connectivity index (χ2v) is 6.41. The van der Waals surface area contributed by atoms with Crippen LogP contribution in [0, 0.1) is 20.8 Å². The van der Waals surface area contributed by atoms with Gasteiger partial charge in [0.2, 0.25) is 0 Å². The standard InChI is InChI=1S/C16H23N5S.HI/c1-11-6-5-7-14(20-11)10-19-16(17-4)18-9-8-15-21-12(2)13(3)22-15;/h5-7H,8-10H2,1-4H3,(H2,17,18,19);1H. The van der Waals surface area contributed by atoms with Crippen molar-refractivity contribution in [3.05, 3.63) is 45.2 Å². The lowest BCUT2D eigenvalue weighted by atomic mass is 10.3. The SMILES string of the molecule is CN=C(NCCc1nc(C)c(C)s1)NCc1cccc(C)n1.I. The maximum absolute atomic E-state index is 4.54. The molecular weight excluding hydrogens is 421 g/mol. The lowest BCUT2D eigenvalue weighted by Crippen LogP contribution is -2.38. The van der Waals surface area contributed by atoms with Crippen molar-refractivity contribution in [2.24, 2.45) is 4.99 Å². The van der Waals surface area contributed by atoms with Gasteiger partial charge in [0.05, 0.1) is 22.9 Å². The second-order valence-electron chi connectivity index (χ2n) is 5.12. The Morgan fingerprint density at radius 1 is 1.17 bits per heavy atom. The first kappa shape index (κ1) is 19.8. The number of aryl methyl sites for hydroxylation is 3. The topological polar surface area (TPSA) is 62.2 Å². The Morgan fingerprint density at radius 2 is 1.96 bits per heavy atom. The molecule has 2 aromatic rings. The largest absolute Gasteiger partial charge is 0.356 e. The third kappa shape index (κ3) is 6.42. The zero-order chi connectivity index (χ0) is 15.9. The molecule has 2 aromatic heterocycles. The van der Waals surface area contributed by atoms with E-state index in [0.29, 0.717) is 6.54 Å². The maximum atomic E-state index is 4.54. The first-order valence-electron chi connectivity index (χ1n) is 7.38. The van der Waals surface area contributed by atoms with Gasteiger partial charge in [-0.15, -0.1) is 35.3 Å². The predicted molar refractivity (Wildman–Crippen MR) is 108 cm³/mol. The molecule has 5 nitrogen and oxygen atoms in total. The third-order valence-electron chi connectivity index (χ3n) is 3.31. The molecular formula is C16H24IN5S. The summed E-state index contributed by atoms with van der Waals surface area (Å²) >= 11 is 1.76. The average molecular weight is 445 g/mol. The number of nitrogens with zero attached hydrogens (tertiary/aromatic N) is 3. The molecule has 126 valence electrons. The van der Waals surface area contributed by atoms with Crippen LogP contribution >= 0.6 is 35.3 Å². The molecule has 2 rings (SSSR count). The van der Waals surface area contributed by atoms with E-state index < -0.39 is 0 Å². The molecule has 0 bridgehead atoms. The molecule has 23 heavy (non-hydrogen) atoms. The smallest absolute Gasteiger partial charge is 0.191 e. The van der Waals surface area contributed by atoms with Crippen molar-refractivity contribution in [2.75, 3.05) is 13.6 Å². The summed E-state index contributed by atoms with van der Waals surface area (Å²) < 4.78 is 0. The van der Waals surface area contributed by atoms with E-state index in [2.05, 4.69) is 39.4 Å². The van der Waals surface area contributed by atoms with Crippen molar-refractivity contribution in [2.45, 2.75) is 33.7 Å². The number of thiazole rings is 1. The minimum absolute atomic E-state index is 0. The molecule has 0 saturated carbocycles. The fraction of sp³-hybridized carbons (Fsp3) is 0.438. The first-order chi connectivity index (χ1) is 10.6. The molecule has 0 aliphatic rings. The number of aliphatic imine (C=N–C) groups is 1. The highest BCUT2D eigenvalue weighted by molar-refractivity contribution is 14.0. The number of pyridine rings is 1. The van der Waals surface area contributed by atoms with Gasteiger partial charge in [0.15, 0.2) is 5.96 Å². The molecule has 0 amide bonds. The van der Waals surface area contributed by atoms with Gasteiger partial charge in [-0.2, -0.15) is 0 Å². The molecule has 2 heterocycles. The fourth-order valence-electron chi connectivity index (χ4n) is 2.03. The lowest BCUT2D eigenvalue weighted by molar-refractivity contribution is 0.778. The average Bonchev–Trinajstić information content (AvgIpc) is 2.81. The molecule has 0 atom stereocenters. The second kappa shape index (κ2) is 9.82. The highest BCUT2D eigenvalue weighted by atomic mass is 127. The monoisotopic (exact) mass is 445 g/mol. The number of aromatic nitrogens is 2. The van der Waals surface area contributed by atoms with Crippen LogP contribution in [0.5, 0.6) is 0 Å². The molecule has 7 heteroatoms. The van der Waals surface area contributed by atoms with Gasteiger partial charge in [0.25, 0.3) is 0 Å². The van der Waals surface area contributed by atoms with Crippen molar-refractivity contribution < 1.29 is 0 Å². The molecule has 0 aromatic carbocycles. The van der Waals surface area contributed by atoms with Gasteiger partial charge in [-0.25, -0.2) is 4.98 Å². The molecule has 2 N–H and O–H groups in total. The Kier molecular flexibility index (Phi) is 8.46. The van der Waals surface area contributed by atoms with Gasteiger partial charge in [-0.05, 0) is 32.9 Å². The van der Waals surface area contributed by atoms with E-state index >= 15 is 0 Å². The van der Waals surface area contributed by atoms with Gasteiger partial charge < -0.3 is 10.6 Å². The Morgan fingerprint density at radius 3 is 2.57 bits per heavy atom. The van der Waals surface area contributed by atoms with Crippen LogP contribution in [0.25, 0.3) is 0 Å². The summed E-state index contributed by atoms with van der Waals surface area (Å²) in [6.07, 6.45) is 0.905. The van der Waals surface area contributed by atoms with Crippen molar-refractivity contribution >= 4 is 41.3 Å². The minimum Gasteiger partial charge on any atom is -0.356 e. The fourth-order valence-corrected chi connectivity index (χ4v) is 2.96. The molecule has 0 unspecified atom stereocenters. The van der Waals surface area contributed by atoms with Crippen LogP contribution in [0.15, 0.2) is 23.2 Å². The van der Waals surface area contributed by atoms with Crippen LogP contribution in [0.1, 0.15) is 27.0 Å². The minimum atomic E-state index is 0. The normalized spacial score (nSPS) is 11.0. The number of halogens is 1. The Labute approximate surface area is 159 Å². The number of hydrogen-bond donors (Lipinski definition) is 2. The van der Waals surface area contributed by atoms with Gasteiger partial charge in [-0.3, -0.25) is 9.98 Å². The number of nitrogens with one attached hydrogen (secondary N) is 2. The van der Waals surface area contributed by atoms with Crippen molar-refractivity contribution in [1.29, 1.82) is 0 Å². The summed E-state index contributed by atoms with van der Waals surface area (Å²) in [5.41, 5.74) is 3.17. The van der Waals surface area contributed by atoms with Crippen LogP contribution in [0.2, 0.25) is 0 Å². The number of hydrogen-bond acceptors (Lipinski definition) is 4. The Hall–Kier alpha value is -1.22. The first-order valence-corrected chi connectivity index (χ1v) is 8.20. The molecule has 0 spiro atoms. The quantitative estimate of drug-likeness (QED) is 0.422. The van der Waals surface area contributed by atoms with Gasteiger partial charge >= 0.3 is 0 Å².